The highest BCUT2D eigenvalue weighted by atomic mass is 17.2. The molecule has 0 aromatic carbocycles. The van der Waals surface area contributed by atoms with E-state index in [1.807, 2.05) is 20.8 Å². The molecule has 0 aliphatic heterocycles. The Hall–Kier alpha value is -0.0800. The van der Waals surface area contributed by atoms with Crippen LogP contribution in [0.15, 0.2) is 0 Å². The summed E-state index contributed by atoms with van der Waals surface area (Å²) < 4.78 is 0. The van der Waals surface area contributed by atoms with Crippen molar-refractivity contribution in [2.45, 2.75) is 73.0 Å². The molecule has 1 unspecified atom stereocenters. The summed E-state index contributed by atoms with van der Waals surface area (Å²) in [6.07, 6.45) is 2.33. The molecular formula is C12H26O2. The quantitative estimate of drug-likeness (QED) is 0.507. The summed E-state index contributed by atoms with van der Waals surface area (Å²) in [5, 5.41) is 0. The first-order valence-corrected chi connectivity index (χ1v) is 5.51. The van der Waals surface area contributed by atoms with E-state index in [4.69, 9.17) is 9.78 Å². The molecule has 0 heterocycles. The van der Waals surface area contributed by atoms with Gasteiger partial charge in [-0.2, -0.15) is 0 Å². The summed E-state index contributed by atoms with van der Waals surface area (Å²) in [4.78, 5) is 10.9. The molecule has 0 saturated heterocycles. The summed E-state index contributed by atoms with van der Waals surface area (Å²) in [6, 6.07) is 0. The molecule has 0 aromatic rings. The lowest BCUT2D eigenvalue weighted by atomic mass is 9.87. The lowest BCUT2D eigenvalue weighted by Crippen LogP contribution is -2.32. The topological polar surface area (TPSA) is 18.5 Å². The first-order chi connectivity index (χ1) is 6.17. The third-order valence-electron chi connectivity index (χ3n) is 1.93. The smallest absolute Gasteiger partial charge is 0.0978 e. The lowest BCUT2D eigenvalue weighted by Gasteiger charge is -2.31. The van der Waals surface area contributed by atoms with Gasteiger partial charge in [-0.25, -0.2) is 9.78 Å². The van der Waals surface area contributed by atoms with E-state index in [0.717, 1.165) is 12.8 Å². The Morgan fingerprint density at radius 1 is 1.00 bits per heavy atom. The molecule has 0 amide bonds. The van der Waals surface area contributed by atoms with Crippen LogP contribution in [0.5, 0.6) is 0 Å². The van der Waals surface area contributed by atoms with Crippen LogP contribution in [-0.4, -0.2) is 11.7 Å². The first kappa shape index (κ1) is 13.9. The third-order valence-corrected chi connectivity index (χ3v) is 1.93. The molecule has 0 aromatic heterocycles. The molecule has 1 atom stereocenters. The highest BCUT2D eigenvalue weighted by molar-refractivity contribution is 4.73. The molecule has 0 spiro atoms. The summed E-state index contributed by atoms with van der Waals surface area (Å²) in [5.74, 6) is 0. The predicted octanol–water partition coefficient (Wildman–Crippen LogP) is 3.95. The van der Waals surface area contributed by atoms with E-state index in [-0.39, 0.29) is 17.1 Å². The first-order valence-electron chi connectivity index (χ1n) is 5.51. The van der Waals surface area contributed by atoms with Crippen molar-refractivity contribution in [2.24, 2.45) is 5.41 Å². The van der Waals surface area contributed by atoms with E-state index in [1.165, 1.54) is 0 Å². The van der Waals surface area contributed by atoms with Gasteiger partial charge in [-0.15, -0.1) is 0 Å². The molecule has 0 aliphatic carbocycles. The maximum Gasteiger partial charge on any atom is 0.0978 e. The van der Waals surface area contributed by atoms with Crippen molar-refractivity contribution in [3.05, 3.63) is 0 Å². The fourth-order valence-corrected chi connectivity index (χ4v) is 1.09. The normalized spacial score (nSPS) is 15.6. The van der Waals surface area contributed by atoms with E-state index in [9.17, 15) is 0 Å². The molecule has 86 valence electrons. The van der Waals surface area contributed by atoms with Gasteiger partial charge in [-0.3, -0.25) is 0 Å². The van der Waals surface area contributed by atoms with Crippen LogP contribution >= 0.6 is 0 Å². The van der Waals surface area contributed by atoms with Crippen LogP contribution in [0.25, 0.3) is 0 Å². The van der Waals surface area contributed by atoms with Crippen molar-refractivity contribution in [1.29, 1.82) is 0 Å². The summed E-state index contributed by atoms with van der Waals surface area (Å²) >= 11 is 0. The Labute approximate surface area is 88.9 Å². The molecule has 0 aliphatic rings. The van der Waals surface area contributed by atoms with E-state index in [2.05, 4.69) is 27.7 Å². The van der Waals surface area contributed by atoms with Crippen LogP contribution in [0, 0.1) is 5.41 Å². The number of hydrogen-bond acceptors (Lipinski definition) is 2. The van der Waals surface area contributed by atoms with Gasteiger partial charge in [0.15, 0.2) is 0 Å². The zero-order valence-electron chi connectivity index (χ0n) is 10.8. The largest absolute Gasteiger partial charge is 0.232 e. The van der Waals surface area contributed by atoms with Crippen molar-refractivity contribution >= 4 is 0 Å². The second-order valence-electron chi connectivity index (χ2n) is 5.94. The second kappa shape index (κ2) is 5.13. The Kier molecular flexibility index (Phi) is 5.10. The molecule has 0 saturated carbocycles. The molecule has 0 bridgehead atoms. The average molecular weight is 202 g/mol. The lowest BCUT2D eigenvalue weighted by molar-refractivity contribution is -0.386. The number of rotatable bonds is 4. The fraction of sp³-hybridized carbons (Fsp3) is 1.00. The van der Waals surface area contributed by atoms with Crippen LogP contribution in [0.2, 0.25) is 0 Å². The molecule has 14 heavy (non-hydrogen) atoms. The van der Waals surface area contributed by atoms with Gasteiger partial charge >= 0.3 is 0 Å². The van der Waals surface area contributed by atoms with Crippen LogP contribution in [0.4, 0.5) is 0 Å². The molecule has 0 N–H and O–H groups in total. The van der Waals surface area contributed by atoms with Gasteiger partial charge in [0, 0.05) is 0 Å². The minimum Gasteiger partial charge on any atom is -0.232 e. The molecule has 0 fully saturated rings. The van der Waals surface area contributed by atoms with Crippen molar-refractivity contribution in [3.63, 3.8) is 0 Å². The Bertz CT molecular complexity index is 151. The molecule has 2 nitrogen and oxygen atoms in total. The standard InChI is InChI=1S/C12H26O2/c1-8-9-10(11(2,3)4)13-14-12(5,6)7/h10H,8-9H2,1-7H3. The molecule has 0 radical (unpaired) electrons. The fourth-order valence-electron chi connectivity index (χ4n) is 1.09. The highest BCUT2D eigenvalue weighted by Crippen LogP contribution is 2.27. The highest BCUT2D eigenvalue weighted by Gasteiger charge is 2.27. The van der Waals surface area contributed by atoms with Gasteiger partial charge < -0.3 is 0 Å². The zero-order chi connectivity index (χ0) is 11.4. The molecule has 0 rings (SSSR count). The van der Waals surface area contributed by atoms with E-state index >= 15 is 0 Å². The molecular weight excluding hydrogens is 176 g/mol. The Morgan fingerprint density at radius 2 is 1.50 bits per heavy atom. The number of hydrogen-bond donors (Lipinski definition) is 0. The Balaban J connectivity index is 4.12. The van der Waals surface area contributed by atoms with Crippen molar-refractivity contribution in [2.75, 3.05) is 0 Å². The van der Waals surface area contributed by atoms with Crippen LogP contribution in [0.3, 0.4) is 0 Å². The van der Waals surface area contributed by atoms with Gasteiger partial charge in [-0.1, -0.05) is 34.1 Å². The monoisotopic (exact) mass is 202 g/mol. The minimum absolute atomic E-state index is 0.140. The maximum atomic E-state index is 5.51. The summed E-state index contributed by atoms with van der Waals surface area (Å²) in [6.45, 7) is 14.7. The third kappa shape index (κ3) is 6.39. The van der Waals surface area contributed by atoms with Gasteiger partial charge in [0.2, 0.25) is 0 Å². The van der Waals surface area contributed by atoms with Crippen LogP contribution in [0.1, 0.15) is 61.3 Å². The van der Waals surface area contributed by atoms with E-state index in [0.29, 0.717) is 0 Å². The Morgan fingerprint density at radius 3 is 1.79 bits per heavy atom. The summed E-state index contributed by atoms with van der Waals surface area (Å²) in [5.41, 5.74) is -0.0848. The van der Waals surface area contributed by atoms with Crippen molar-refractivity contribution < 1.29 is 9.78 Å². The zero-order valence-corrected chi connectivity index (χ0v) is 10.8. The van der Waals surface area contributed by atoms with Gasteiger partial charge in [0.25, 0.3) is 0 Å². The van der Waals surface area contributed by atoms with Crippen LogP contribution in [-0.2, 0) is 9.78 Å². The van der Waals surface area contributed by atoms with Crippen molar-refractivity contribution in [1.82, 2.24) is 0 Å². The predicted molar refractivity (Wildman–Crippen MR) is 60.1 cm³/mol. The van der Waals surface area contributed by atoms with Crippen molar-refractivity contribution in [3.8, 4) is 0 Å². The van der Waals surface area contributed by atoms with Crippen LogP contribution < -0.4 is 0 Å². The minimum atomic E-state index is -0.225. The average Bonchev–Trinajstić information content (AvgIpc) is 1.93. The maximum absolute atomic E-state index is 5.51. The second-order valence-corrected chi connectivity index (χ2v) is 5.94. The van der Waals surface area contributed by atoms with E-state index < -0.39 is 0 Å². The van der Waals surface area contributed by atoms with E-state index in [1.54, 1.807) is 0 Å². The van der Waals surface area contributed by atoms with Gasteiger partial charge in [-0.05, 0) is 32.6 Å². The SMILES string of the molecule is CCCC(OOC(C)(C)C)C(C)(C)C. The molecule has 2 heteroatoms. The van der Waals surface area contributed by atoms with Gasteiger partial charge in [0.05, 0.1) is 11.7 Å². The summed E-state index contributed by atoms with van der Waals surface area (Å²) in [7, 11) is 0. The van der Waals surface area contributed by atoms with Gasteiger partial charge in [0.1, 0.15) is 0 Å².